The third-order valence-corrected chi connectivity index (χ3v) is 4.85. The Morgan fingerprint density at radius 1 is 1.24 bits per heavy atom. The summed E-state index contributed by atoms with van der Waals surface area (Å²) in [6.07, 6.45) is 4.02. The molecule has 0 radical (unpaired) electrons. The summed E-state index contributed by atoms with van der Waals surface area (Å²) in [5.74, 6) is 1.14. The second kappa shape index (κ2) is 4.23. The normalized spacial score (nSPS) is 26.4. The molecule has 3 nitrogen and oxygen atoms in total. The third-order valence-electron chi connectivity index (χ3n) is 4.85. The van der Waals surface area contributed by atoms with Gasteiger partial charge in [-0.1, -0.05) is 12.1 Å². The number of aliphatic hydroxyl groups is 1. The fourth-order valence-corrected chi connectivity index (χ4v) is 3.78. The zero-order chi connectivity index (χ0) is 15.4. The van der Waals surface area contributed by atoms with Crippen molar-refractivity contribution in [3.8, 4) is 5.75 Å². The second-order valence-corrected chi connectivity index (χ2v) is 6.55. The van der Waals surface area contributed by atoms with Gasteiger partial charge in [0.05, 0.1) is 18.3 Å². The molecule has 0 bridgehead atoms. The number of hydrogen-bond acceptors (Lipinski definition) is 3. The molecule has 0 unspecified atom stereocenters. The smallest absolute Gasteiger partial charge is 0.165 e. The van der Waals surface area contributed by atoms with Gasteiger partial charge in [0.25, 0.3) is 0 Å². The fraction of sp³-hybridized carbons (Fsp3) is 0.389. The lowest BCUT2D eigenvalue weighted by Gasteiger charge is -2.45. The van der Waals surface area contributed by atoms with Gasteiger partial charge < -0.3 is 9.84 Å². The Bertz CT molecular complexity index is 694. The number of carbonyl (C=O) groups excluding carboxylic acids is 1. The van der Waals surface area contributed by atoms with Crippen LogP contribution in [0.2, 0.25) is 0 Å². The number of methoxy groups -OCH3 is 1. The Labute approximate surface area is 124 Å². The van der Waals surface area contributed by atoms with E-state index in [0.717, 1.165) is 22.4 Å². The van der Waals surface area contributed by atoms with Crippen molar-refractivity contribution in [3.05, 3.63) is 52.8 Å². The van der Waals surface area contributed by atoms with E-state index in [1.807, 2.05) is 38.1 Å². The molecular formula is C18H20O3. The summed E-state index contributed by atoms with van der Waals surface area (Å²) in [5, 5.41) is 10.6. The Hall–Kier alpha value is -2.03. The molecule has 1 N–H and O–H groups in total. The van der Waals surface area contributed by atoms with E-state index >= 15 is 0 Å². The number of benzene rings is 1. The molecule has 0 heterocycles. The molecule has 0 spiro atoms. The van der Waals surface area contributed by atoms with Gasteiger partial charge in [-0.05, 0) is 55.7 Å². The molecule has 0 fully saturated rings. The first-order valence-electron chi connectivity index (χ1n) is 7.15. The highest BCUT2D eigenvalue weighted by atomic mass is 16.5. The summed E-state index contributed by atoms with van der Waals surface area (Å²) in [6.45, 7) is 5.82. The van der Waals surface area contributed by atoms with Gasteiger partial charge in [0, 0.05) is 11.8 Å². The molecule has 1 aromatic carbocycles. The first-order valence-corrected chi connectivity index (χ1v) is 7.15. The average molecular weight is 284 g/mol. The predicted molar refractivity (Wildman–Crippen MR) is 81.6 cm³/mol. The van der Waals surface area contributed by atoms with Gasteiger partial charge in [-0.25, -0.2) is 0 Å². The van der Waals surface area contributed by atoms with Crippen LogP contribution in [0.15, 0.2) is 41.7 Å². The van der Waals surface area contributed by atoms with Gasteiger partial charge in [0.15, 0.2) is 5.78 Å². The van der Waals surface area contributed by atoms with Crippen LogP contribution in [0.5, 0.6) is 5.75 Å². The molecule has 0 saturated heterocycles. The van der Waals surface area contributed by atoms with Gasteiger partial charge in [-0.15, -0.1) is 0 Å². The zero-order valence-electron chi connectivity index (χ0n) is 12.9. The number of fused-ring (bicyclic) bond motifs is 3. The number of ketones is 1. The molecule has 0 saturated carbocycles. The summed E-state index contributed by atoms with van der Waals surface area (Å²) in [6, 6.07) is 5.91. The van der Waals surface area contributed by atoms with Crippen molar-refractivity contribution >= 4 is 5.78 Å². The van der Waals surface area contributed by atoms with E-state index in [1.165, 1.54) is 0 Å². The Kier molecular flexibility index (Phi) is 2.81. The van der Waals surface area contributed by atoms with E-state index in [2.05, 4.69) is 6.92 Å². The minimum Gasteiger partial charge on any atom is -0.512 e. The summed E-state index contributed by atoms with van der Waals surface area (Å²) < 4.78 is 5.34. The van der Waals surface area contributed by atoms with Crippen molar-refractivity contribution < 1.29 is 14.6 Å². The molecule has 21 heavy (non-hydrogen) atoms. The Morgan fingerprint density at radius 2 is 1.95 bits per heavy atom. The predicted octanol–water partition coefficient (Wildman–Crippen LogP) is 3.49. The molecule has 1 aromatic rings. The first-order chi connectivity index (χ1) is 9.80. The SMILES string of the molecule is COc1ccc2c(c1)[C@@]1(C)C=CC(=O)C(C)(C)C1=C(O)C2. The highest BCUT2D eigenvalue weighted by molar-refractivity contribution is 5.99. The molecule has 0 aromatic heterocycles. The van der Waals surface area contributed by atoms with Crippen LogP contribution in [0, 0.1) is 5.41 Å². The van der Waals surface area contributed by atoms with E-state index in [9.17, 15) is 9.90 Å². The van der Waals surface area contributed by atoms with Crippen LogP contribution < -0.4 is 4.74 Å². The lowest BCUT2D eigenvalue weighted by atomic mass is 9.57. The van der Waals surface area contributed by atoms with Crippen molar-refractivity contribution in [2.75, 3.05) is 7.11 Å². The molecule has 0 aliphatic heterocycles. The summed E-state index contributed by atoms with van der Waals surface area (Å²) in [7, 11) is 1.64. The van der Waals surface area contributed by atoms with Crippen molar-refractivity contribution in [3.63, 3.8) is 0 Å². The molecule has 110 valence electrons. The largest absolute Gasteiger partial charge is 0.512 e. The van der Waals surface area contributed by atoms with E-state index in [1.54, 1.807) is 13.2 Å². The van der Waals surface area contributed by atoms with Gasteiger partial charge in [-0.3, -0.25) is 4.79 Å². The van der Waals surface area contributed by atoms with Crippen LogP contribution in [0.3, 0.4) is 0 Å². The van der Waals surface area contributed by atoms with Crippen molar-refractivity contribution in [2.45, 2.75) is 32.6 Å². The average Bonchev–Trinajstić information content (AvgIpc) is 2.43. The maximum absolute atomic E-state index is 12.2. The number of aliphatic hydroxyl groups excluding tert-OH is 1. The van der Waals surface area contributed by atoms with Crippen LogP contribution in [0.4, 0.5) is 0 Å². The minimum atomic E-state index is -0.686. The number of carbonyl (C=O) groups is 1. The molecule has 1 atom stereocenters. The molecule has 3 heteroatoms. The molecule has 2 aliphatic rings. The van der Waals surface area contributed by atoms with Gasteiger partial charge >= 0.3 is 0 Å². The van der Waals surface area contributed by atoms with Crippen LogP contribution in [-0.2, 0) is 16.6 Å². The maximum Gasteiger partial charge on any atom is 0.165 e. The van der Waals surface area contributed by atoms with E-state index in [4.69, 9.17) is 4.74 Å². The number of hydrogen-bond donors (Lipinski definition) is 1. The van der Waals surface area contributed by atoms with Gasteiger partial charge in [0.2, 0.25) is 0 Å². The zero-order valence-corrected chi connectivity index (χ0v) is 12.9. The molecule has 0 amide bonds. The van der Waals surface area contributed by atoms with Crippen molar-refractivity contribution in [1.29, 1.82) is 0 Å². The molecular weight excluding hydrogens is 264 g/mol. The van der Waals surface area contributed by atoms with Crippen LogP contribution in [0.25, 0.3) is 0 Å². The topological polar surface area (TPSA) is 46.5 Å². The van der Waals surface area contributed by atoms with Gasteiger partial charge in [-0.2, -0.15) is 0 Å². The summed E-state index contributed by atoms with van der Waals surface area (Å²) in [5.41, 5.74) is 1.84. The lowest BCUT2D eigenvalue weighted by Crippen LogP contribution is -2.43. The maximum atomic E-state index is 12.2. The summed E-state index contributed by atoms with van der Waals surface area (Å²) in [4.78, 5) is 12.2. The Morgan fingerprint density at radius 3 is 2.62 bits per heavy atom. The van der Waals surface area contributed by atoms with Crippen molar-refractivity contribution in [1.82, 2.24) is 0 Å². The van der Waals surface area contributed by atoms with E-state index < -0.39 is 10.8 Å². The highest BCUT2D eigenvalue weighted by Gasteiger charge is 2.49. The minimum absolute atomic E-state index is 0.0351. The van der Waals surface area contributed by atoms with Gasteiger partial charge in [0.1, 0.15) is 5.75 Å². The summed E-state index contributed by atoms with van der Waals surface area (Å²) >= 11 is 0. The monoisotopic (exact) mass is 284 g/mol. The Balaban J connectivity index is 2.31. The van der Waals surface area contributed by atoms with E-state index in [0.29, 0.717) is 12.2 Å². The van der Waals surface area contributed by atoms with Crippen molar-refractivity contribution in [2.24, 2.45) is 5.41 Å². The van der Waals surface area contributed by atoms with Crippen LogP contribution in [0.1, 0.15) is 31.9 Å². The highest BCUT2D eigenvalue weighted by Crippen LogP contribution is 2.52. The standard InChI is InChI=1S/C18H20O3/c1-17(2)15(20)7-8-18(3)13-10-12(21-4)6-5-11(13)9-14(19)16(17)18/h5-8,10,19H,9H2,1-4H3/t18-/m1/s1. The third kappa shape index (κ3) is 1.76. The van der Waals surface area contributed by atoms with Crippen LogP contribution in [-0.4, -0.2) is 18.0 Å². The van der Waals surface area contributed by atoms with Crippen LogP contribution >= 0.6 is 0 Å². The number of allylic oxidation sites excluding steroid dienone is 4. The number of rotatable bonds is 1. The molecule has 2 aliphatic carbocycles. The first kappa shape index (κ1) is 13.9. The lowest BCUT2D eigenvalue weighted by molar-refractivity contribution is -0.121. The van der Waals surface area contributed by atoms with E-state index in [-0.39, 0.29) is 5.78 Å². The molecule has 3 rings (SSSR count). The fourth-order valence-electron chi connectivity index (χ4n) is 3.78. The number of ether oxygens (including phenoxy) is 1. The second-order valence-electron chi connectivity index (χ2n) is 6.55. The quantitative estimate of drug-likeness (QED) is 0.858.